The summed E-state index contributed by atoms with van der Waals surface area (Å²) >= 11 is 6.02. The molecule has 0 spiro atoms. The van der Waals surface area contributed by atoms with Crippen LogP contribution in [0.25, 0.3) is 0 Å². The quantitative estimate of drug-likeness (QED) is 0.888. The number of hydrogen-bond acceptors (Lipinski definition) is 3. The van der Waals surface area contributed by atoms with Gasteiger partial charge in [-0.05, 0) is 17.7 Å². The van der Waals surface area contributed by atoms with Crippen molar-refractivity contribution in [2.75, 3.05) is 26.2 Å². The van der Waals surface area contributed by atoms with Gasteiger partial charge in [-0.25, -0.2) is 0 Å². The molecule has 2 rings (SSSR count). The molecule has 0 aliphatic carbocycles. The lowest BCUT2D eigenvalue weighted by molar-refractivity contribution is -0.134. The van der Waals surface area contributed by atoms with Crippen LogP contribution in [0.1, 0.15) is 19.4 Å². The highest BCUT2D eigenvalue weighted by atomic mass is 35.5. The predicted molar refractivity (Wildman–Crippen MR) is 87.3 cm³/mol. The maximum absolute atomic E-state index is 12.0. The minimum Gasteiger partial charge on any atom is -0.366 e. The van der Waals surface area contributed by atoms with Crippen molar-refractivity contribution in [1.82, 2.24) is 10.6 Å². The fourth-order valence-corrected chi connectivity index (χ4v) is 2.36. The molecule has 4 nitrogen and oxygen atoms in total. The molecule has 1 saturated heterocycles. The molecule has 0 aromatic heterocycles. The molecule has 0 saturated carbocycles. The molecule has 6 heteroatoms. The molecule has 0 bridgehead atoms. The van der Waals surface area contributed by atoms with E-state index in [-0.39, 0.29) is 29.8 Å². The van der Waals surface area contributed by atoms with E-state index in [9.17, 15) is 4.79 Å². The van der Waals surface area contributed by atoms with Crippen LogP contribution < -0.4 is 10.6 Å². The van der Waals surface area contributed by atoms with Gasteiger partial charge in [-0.15, -0.1) is 12.4 Å². The monoisotopic (exact) mass is 332 g/mol. The molecule has 1 aliphatic rings. The average Bonchev–Trinajstić information content (AvgIpc) is 2.46. The smallest absolute Gasteiger partial charge is 0.250 e. The molecular formula is C15H22Cl2N2O2. The first kappa shape index (κ1) is 18.2. The number of morpholine rings is 1. The number of hydrogen-bond donors (Lipinski definition) is 2. The van der Waals surface area contributed by atoms with Crippen LogP contribution in [0.5, 0.6) is 0 Å². The molecule has 1 aromatic rings. The minimum atomic E-state index is -0.390. The third-order valence-electron chi connectivity index (χ3n) is 3.53. The number of halogens is 2. The van der Waals surface area contributed by atoms with Crippen molar-refractivity contribution in [2.45, 2.75) is 25.4 Å². The summed E-state index contributed by atoms with van der Waals surface area (Å²) in [5, 5.41) is 6.82. The Bertz CT molecular complexity index is 474. The zero-order chi connectivity index (χ0) is 14.6. The first-order valence-electron chi connectivity index (χ1n) is 6.85. The minimum absolute atomic E-state index is 0. The highest BCUT2D eigenvalue weighted by molar-refractivity contribution is 6.30. The molecular weight excluding hydrogens is 311 g/mol. The Morgan fingerprint density at radius 1 is 1.52 bits per heavy atom. The van der Waals surface area contributed by atoms with Crippen LogP contribution in [-0.4, -0.2) is 38.3 Å². The van der Waals surface area contributed by atoms with Gasteiger partial charge in [-0.2, -0.15) is 0 Å². The van der Waals surface area contributed by atoms with Crippen molar-refractivity contribution in [3.63, 3.8) is 0 Å². The molecule has 1 atom stereocenters. The van der Waals surface area contributed by atoms with Crippen LogP contribution in [0.3, 0.4) is 0 Å². The molecule has 1 heterocycles. The molecule has 2 N–H and O–H groups in total. The van der Waals surface area contributed by atoms with Gasteiger partial charge in [-0.1, -0.05) is 37.6 Å². The Morgan fingerprint density at radius 2 is 2.29 bits per heavy atom. The highest BCUT2D eigenvalue weighted by Crippen LogP contribution is 2.24. The molecule has 1 fully saturated rings. The molecule has 1 aromatic carbocycles. The second kappa shape index (κ2) is 7.99. The fourth-order valence-electron chi connectivity index (χ4n) is 2.17. The van der Waals surface area contributed by atoms with Gasteiger partial charge >= 0.3 is 0 Å². The van der Waals surface area contributed by atoms with Crippen LogP contribution in [0.15, 0.2) is 24.3 Å². The first-order chi connectivity index (χ1) is 9.49. The summed E-state index contributed by atoms with van der Waals surface area (Å²) in [4.78, 5) is 12.0. The topological polar surface area (TPSA) is 50.4 Å². The van der Waals surface area contributed by atoms with Gasteiger partial charge in [0.15, 0.2) is 0 Å². The summed E-state index contributed by atoms with van der Waals surface area (Å²) in [5.41, 5.74) is 0.927. The van der Waals surface area contributed by atoms with Gasteiger partial charge in [0, 0.05) is 30.1 Å². The van der Waals surface area contributed by atoms with Crippen LogP contribution in [0.4, 0.5) is 0 Å². The van der Waals surface area contributed by atoms with E-state index in [1.165, 1.54) is 0 Å². The Kier molecular flexibility index (Phi) is 6.94. The van der Waals surface area contributed by atoms with Gasteiger partial charge in [0.2, 0.25) is 5.91 Å². The van der Waals surface area contributed by atoms with E-state index in [4.69, 9.17) is 16.3 Å². The Balaban J connectivity index is 0.00000220. The van der Waals surface area contributed by atoms with Crippen molar-refractivity contribution in [3.8, 4) is 0 Å². The molecule has 1 aliphatic heterocycles. The van der Waals surface area contributed by atoms with Gasteiger partial charge < -0.3 is 15.4 Å². The maximum atomic E-state index is 12.0. The van der Waals surface area contributed by atoms with Crippen molar-refractivity contribution in [3.05, 3.63) is 34.9 Å². The zero-order valence-corrected chi connectivity index (χ0v) is 13.9. The number of carbonyl (C=O) groups is 1. The Morgan fingerprint density at radius 3 is 2.90 bits per heavy atom. The van der Waals surface area contributed by atoms with Gasteiger partial charge in [0.1, 0.15) is 6.10 Å². The SMILES string of the molecule is CC(C)(CNC(=O)C1CNCCO1)c1cccc(Cl)c1.Cl. The van der Waals surface area contributed by atoms with Gasteiger partial charge in [0.05, 0.1) is 6.61 Å². The van der Waals surface area contributed by atoms with Crippen LogP contribution in [0.2, 0.25) is 5.02 Å². The average molecular weight is 333 g/mol. The van der Waals surface area contributed by atoms with Crippen molar-refractivity contribution >= 4 is 29.9 Å². The van der Waals surface area contributed by atoms with E-state index in [1.54, 1.807) is 0 Å². The van der Waals surface area contributed by atoms with E-state index in [1.807, 2.05) is 24.3 Å². The molecule has 1 amide bonds. The summed E-state index contributed by atoms with van der Waals surface area (Å²) in [6, 6.07) is 7.74. The van der Waals surface area contributed by atoms with Gasteiger partial charge in [-0.3, -0.25) is 4.79 Å². The predicted octanol–water partition coefficient (Wildman–Crippen LogP) is 2.14. The van der Waals surface area contributed by atoms with E-state index in [0.717, 1.165) is 12.1 Å². The van der Waals surface area contributed by atoms with E-state index in [2.05, 4.69) is 24.5 Å². The normalized spacial score (nSPS) is 18.7. The van der Waals surface area contributed by atoms with Crippen LogP contribution >= 0.6 is 24.0 Å². The summed E-state index contributed by atoms with van der Waals surface area (Å²) in [6.07, 6.45) is -0.390. The van der Waals surface area contributed by atoms with E-state index in [0.29, 0.717) is 24.7 Å². The van der Waals surface area contributed by atoms with Crippen LogP contribution in [-0.2, 0) is 14.9 Å². The second-order valence-electron chi connectivity index (χ2n) is 5.68. The number of carbonyl (C=O) groups excluding carboxylic acids is 1. The van der Waals surface area contributed by atoms with Crippen LogP contribution in [0, 0.1) is 0 Å². The number of rotatable bonds is 4. The lowest BCUT2D eigenvalue weighted by Gasteiger charge is -2.28. The number of benzene rings is 1. The standard InChI is InChI=1S/C15H21ClN2O2.ClH/c1-15(2,11-4-3-5-12(16)8-11)10-18-14(19)13-9-17-6-7-20-13;/h3-5,8,13,17H,6-7,9-10H2,1-2H3,(H,18,19);1H. The van der Waals surface area contributed by atoms with Crippen molar-refractivity contribution in [1.29, 1.82) is 0 Å². The lowest BCUT2D eigenvalue weighted by atomic mass is 9.84. The van der Waals surface area contributed by atoms with E-state index >= 15 is 0 Å². The molecule has 21 heavy (non-hydrogen) atoms. The summed E-state index contributed by atoms with van der Waals surface area (Å²) in [6.45, 7) is 6.67. The third kappa shape index (κ3) is 5.15. The van der Waals surface area contributed by atoms with Gasteiger partial charge in [0.25, 0.3) is 0 Å². The maximum Gasteiger partial charge on any atom is 0.250 e. The molecule has 0 radical (unpaired) electrons. The summed E-state index contributed by atoms with van der Waals surface area (Å²) in [5.74, 6) is -0.0627. The summed E-state index contributed by atoms with van der Waals surface area (Å²) < 4.78 is 5.43. The Labute approximate surface area is 137 Å². The zero-order valence-electron chi connectivity index (χ0n) is 12.3. The van der Waals surface area contributed by atoms with E-state index < -0.39 is 0 Å². The number of ether oxygens (including phenoxy) is 1. The fraction of sp³-hybridized carbons (Fsp3) is 0.533. The lowest BCUT2D eigenvalue weighted by Crippen LogP contribution is -2.49. The number of nitrogens with one attached hydrogen (secondary N) is 2. The van der Waals surface area contributed by atoms with Crippen molar-refractivity contribution in [2.24, 2.45) is 0 Å². The summed E-state index contributed by atoms with van der Waals surface area (Å²) in [7, 11) is 0. The first-order valence-corrected chi connectivity index (χ1v) is 7.23. The molecule has 1 unspecified atom stereocenters. The van der Waals surface area contributed by atoms with Crippen molar-refractivity contribution < 1.29 is 9.53 Å². The largest absolute Gasteiger partial charge is 0.366 e. The third-order valence-corrected chi connectivity index (χ3v) is 3.77. The molecule has 118 valence electrons. The second-order valence-corrected chi connectivity index (χ2v) is 6.11. The highest BCUT2D eigenvalue weighted by Gasteiger charge is 2.26. The Hall–Kier alpha value is -0.810. The number of amides is 1.